The molecule has 4 heteroatoms. The normalized spacial score (nSPS) is 19.6. The van der Waals surface area contributed by atoms with Crippen LogP contribution in [0.15, 0.2) is 22.7 Å². The summed E-state index contributed by atoms with van der Waals surface area (Å²) in [5.74, 6) is 0.661. The number of benzene rings is 1. The second-order valence-corrected chi connectivity index (χ2v) is 5.22. The Kier molecular flexibility index (Phi) is 4.41. The molecule has 1 aliphatic heterocycles. The summed E-state index contributed by atoms with van der Waals surface area (Å²) >= 11 is 3.40. The third-order valence-corrected chi connectivity index (χ3v) is 3.77. The van der Waals surface area contributed by atoms with Crippen molar-refractivity contribution in [3.63, 3.8) is 0 Å². The summed E-state index contributed by atoms with van der Waals surface area (Å²) in [6, 6.07) is 8.03. The number of piperidine rings is 1. The zero-order valence-electron chi connectivity index (χ0n) is 9.67. The van der Waals surface area contributed by atoms with Gasteiger partial charge in [0.05, 0.1) is 11.3 Å². The van der Waals surface area contributed by atoms with E-state index in [2.05, 4.69) is 32.6 Å². The Hall–Kier alpha value is -1.05. The molecule has 1 aromatic carbocycles. The Morgan fingerprint density at radius 2 is 2.41 bits per heavy atom. The lowest BCUT2D eigenvalue weighted by Crippen LogP contribution is -2.33. The summed E-state index contributed by atoms with van der Waals surface area (Å²) in [5, 5.41) is 15.9. The molecule has 0 amide bonds. The van der Waals surface area contributed by atoms with Gasteiger partial charge in [-0.25, -0.2) is 0 Å². The van der Waals surface area contributed by atoms with E-state index in [-0.39, 0.29) is 0 Å². The molecule has 2 rings (SSSR count). The molecule has 1 saturated heterocycles. The van der Waals surface area contributed by atoms with Crippen LogP contribution in [0.4, 0.5) is 5.69 Å². The van der Waals surface area contributed by atoms with Crippen molar-refractivity contribution in [2.24, 2.45) is 5.92 Å². The Morgan fingerprint density at radius 3 is 3.12 bits per heavy atom. The summed E-state index contributed by atoms with van der Waals surface area (Å²) in [4.78, 5) is 0. The van der Waals surface area contributed by atoms with Crippen LogP contribution in [0.5, 0.6) is 0 Å². The van der Waals surface area contributed by atoms with E-state index in [0.717, 1.165) is 29.8 Å². The third-order valence-electron chi connectivity index (χ3n) is 3.11. The predicted molar refractivity (Wildman–Crippen MR) is 72.9 cm³/mol. The number of nitrogens with one attached hydrogen (secondary N) is 2. The van der Waals surface area contributed by atoms with Gasteiger partial charge in [-0.15, -0.1) is 0 Å². The second-order valence-electron chi connectivity index (χ2n) is 4.37. The maximum atomic E-state index is 9.10. The first-order valence-electron chi connectivity index (χ1n) is 5.94. The highest BCUT2D eigenvalue weighted by Gasteiger charge is 2.13. The molecule has 0 bridgehead atoms. The molecule has 0 aliphatic carbocycles. The summed E-state index contributed by atoms with van der Waals surface area (Å²) in [6.45, 7) is 3.14. The van der Waals surface area contributed by atoms with Crippen molar-refractivity contribution in [2.45, 2.75) is 12.8 Å². The Balaban J connectivity index is 1.99. The lowest BCUT2D eigenvalue weighted by atomic mass is 9.99. The molecule has 0 aromatic heterocycles. The van der Waals surface area contributed by atoms with Crippen LogP contribution in [0.1, 0.15) is 18.4 Å². The maximum absolute atomic E-state index is 9.10. The molecule has 1 aromatic rings. The SMILES string of the molecule is N#Cc1c(Br)cccc1NCC1CCCNC1. The maximum Gasteiger partial charge on any atom is 0.103 e. The number of nitriles is 1. The van der Waals surface area contributed by atoms with Gasteiger partial charge in [0, 0.05) is 11.0 Å². The van der Waals surface area contributed by atoms with Crippen molar-refractivity contribution >= 4 is 21.6 Å². The van der Waals surface area contributed by atoms with Gasteiger partial charge < -0.3 is 10.6 Å². The van der Waals surface area contributed by atoms with Gasteiger partial charge in [0.25, 0.3) is 0 Å². The summed E-state index contributed by atoms with van der Waals surface area (Å²) in [6.07, 6.45) is 2.51. The Morgan fingerprint density at radius 1 is 1.53 bits per heavy atom. The van der Waals surface area contributed by atoms with E-state index in [9.17, 15) is 0 Å². The molecule has 2 N–H and O–H groups in total. The van der Waals surface area contributed by atoms with Crippen LogP contribution in [0.25, 0.3) is 0 Å². The summed E-state index contributed by atoms with van der Waals surface area (Å²) in [5.41, 5.74) is 1.61. The monoisotopic (exact) mass is 293 g/mol. The molecule has 1 fully saturated rings. The van der Waals surface area contributed by atoms with Gasteiger partial charge in [-0.1, -0.05) is 6.07 Å². The minimum absolute atomic E-state index is 0.661. The molecule has 0 radical (unpaired) electrons. The van der Waals surface area contributed by atoms with Gasteiger partial charge in [0.1, 0.15) is 6.07 Å². The van der Waals surface area contributed by atoms with Crippen LogP contribution in [0.3, 0.4) is 0 Å². The van der Waals surface area contributed by atoms with Crippen molar-refractivity contribution in [1.29, 1.82) is 5.26 Å². The van der Waals surface area contributed by atoms with Gasteiger partial charge in [-0.3, -0.25) is 0 Å². The minimum atomic E-state index is 0.661. The van der Waals surface area contributed by atoms with Gasteiger partial charge in [-0.05, 0) is 59.9 Å². The van der Waals surface area contributed by atoms with Crippen LogP contribution in [0.2, 0.25) is 0 Å². The lowest BCUT2D eigenvalue weighted by Gasteiger charge is -2.23. The van der Waals surface area contributed by atoms with Crippen molar-refractivity contribution in [1.82, 2.24) is 5.32 Å². The highest BCUT2D eigenvalue weighted by molar-refractivity contribution is 9.10. The lowest BCUT2D eigenvalue weighted by molar-refractivity contribution is 0.393. The molecule has 0 saturated carbocycles. The topological polar surface area (TPSA) is 47.9 Å². The van der Waals surface area contributed by atoms with Crippen LogP contribution in [-0.2, 0) is 0 Å². The molecule has 1 heterocycles. The van der Waals surface area contributed by atoms with Crippen molar-refractivity contribution in [2.75, 3.05) is 25.0 Å². The number of nitrogens with zero attached hydrogens (tertiary/aromatic N) is 1. The Labute approximate surface area is 110 Å². The molecule has 0 spiro atoms. The molecule has 90 valence electrons. The highest BCUT2D eigenvalue weighted by Crippen LogP contribution is 2.24. The van der Waals surface area contributed by atoms with Crippen LogP contribution < -0.4 is 10.6 Å². The van der Waals surface area contributed by atoms with Crippen molar-refractivity contribution in [3.05, 3.63) is 28.2 Å². The minimum Gasteiger partial charge on any atom is -0.384 e. The van der Waals surface area contributed by atoms with E-state index >= 15 is 0 Å². The predicted octanol–water partition coefficient (Wildman–Crippen LogP) is 2.73. The quantitative estimate of drug-likeness (QED) is 0.901. The van der Waals surface area contributed by atoms with E-state index in [1.807, 2.05) is 18.2 Å². The molecular weight excluding hydrogens is 278 g/mol. The molecule has 17 heavy (non-hydrogen) atoms. The van der Waals surface area contributed by atoms with Gasteiger partial charge in [0.15, 0.2) is 0 Å². The zero-order valence-corrected chi connectivity index (χ0v) is 11.3. The zero-order chi connectivity index (χ0) is 12.1. The smallest absolute Gasteiger partial charge is 0.103 e. The summed E-state index contributed by atoms with van der Waals surface area (Å²) in [7, 11) is 0. The van der Waals surface area contributed by atoms with Gasteiger partial charge >= 0.3 is 0 Å². The average molecular weight is 294 g/mol. The highest BCUT2D eigenvalue weighted by atomic mass is 79.9. The van der Waals surface area contributed by atoms with Crippen LogP contribution in [0, 0.1) is 17.2 Å². The van der Waals surface area contributed by atoms with Crippen LogP contribution in [-0.4, -0.2) is 19.6 Å². The standard InChI is InChI=1S/C13H16BrN3/c14-12-4-1-5-13(11(12)7-15)17-9-10-3-2-6-16-8-10/h1,4-5,10,16-17H,2-3,6,8-9H2. The largest absolute Gasteiger partial charge is 0.384 e. The Bertz CT molecular complexity index is 419. The first kappa shape index (κ1) is 12.4. The first-order valence-corrected chi connectivity index (χ1v) is 6.74. The van der Waals surface area contributed by atoms with E-state index in [1.54, 1.807) is 0 Å². The number of halogens is 1. The fourth-order valence-corrected chi connectivity index (χ4v) is 2.59. The van der Waals surface area contributed by atoms with Crippen LogP contribution >= 0.6 is 15.9 Å². The van der Waals surface area contributed by atoms with E-state index in [4.69, 9.17) is 5.26 Å². The van der Waals surface area contributed by atoms with Gasteiger partial charge in [0.2, 0.25) is 0 Å². The number of hydrogen-bond donors (Lipinski definition) is 2. The van der Waals surface area contributed by atoms with E-state index in [1.165, 1.54) is 12.8 Å². The average Bonchev–Trinajstić information content (AvgIpc) is 2.37. The van der Waals surface area contributed by atoms with Crippen molar-refractivity contribution in [3.8, 4) is 6.07 Å². The summed E-state index contributed by atoms with van der Waals surface area (Å²) < 4.78 is 0.853. The second kappa shape index (κ2) is 6.04. The van der Waals surface area contributed by atoms with Crippen molar-refractivity contribution < 1.29 is 0 Å². The molecule has 3 nitrogen and oxygen atoms in total. The van der Waals surface area contributed by atoms with E-state index in [0.29, 0.717) is 11.5 Å². The number of rotatable bonds is 3. The number of anilines is 1. The van der Waals surface area contributed by atoms with Gasteiger partial charge in [-0.2, -0.15) is 5.26 Å². The fourth-order valence-electron chi connectivity index (χ4n) is 2.14. The van der Waals surface area contributed by atoms with E-state index < -0.39 is 0 Å². The molecule has 1 aliphatic rings. The molecule has 1 unspecified atom stereocenters. The molecule has 1 atom stereocenters. The first-order chi connectivity index (χ1) is 8.31. The number of hydrogen-bond acceptors (Lipinski definition) is 3. The third kappa shape index (κ3) is 3.21. The molecular formula is C13H16BrN3. The fraction of sp³-hybridized carbons (Fsp3) is 0.462.